The molecule has 20 heavy (non-hydrogen) atoms. The molecule has 1 aromatic rings. The number of fused-ring (bicyclic) bond motifs is 2. The fourth-order valence-corrected chi connectivity index (χ4v) is 2.92. The van der Waals surface area contributed by atoms with Gasteiger partial charge in [0.25, 0.3) is 5.91 Å². The molecule has 2 N–H and O–H groups in total. The Labute approximate surface area is 121 Å². The van der Waals surface area contributed by atoms with E-state index in [9.17, 15) is 9.59 Å². The van der Waals surface area contributed by atoms with E-state index in [1.807, 2.05) is 13.8 Å². The molecule has 1 saturated heterocycles. The normalized spacial score (nSPS) is 28.1. The molecule has 1 spiro atoms. The number of nitrogens with one attached hydrogen (secondary N) is 2. The maximum atomic E-state index is 12.3. The summed E-state index contributed by atoms with van der Waals surface area (Å²) in [5, 5.41) is 5.56. The summed E-state index contributed by atoms with van der Waals surface area (Å²) >= 11 is 6.02. The lowest BCUT2D eigenvalue weighted by Crippen LogP contribution is -2.51. The van der Waals surface area contributed by atoms with Gasteiger partial charge in [-0.25, -0.2) is 4.79 Å². The van der Waals surface area contributed by atoms with Crippen molar-refractivity contribution in [2.24, 2.45) is 5.92 Å². The molecule has 3 amide bonds. The zero-order valence-electron chi connectivity index (χ0n) is 11.2. The van der Waals surface area contributed by atoms with Crippen molar-refractivity contribution in [1.82, 2.24) is 10.6 Å². The van der Waals surface area contributed by atoms with E-state index in [0.29, 0.717) is 22.8 Å². The fraction of sp³-hybridized carbons (Fsp3) is 0.429. The Hall–Kier alpha value is -1.75. The van der Waals surface area contributed by atoms with Gasteiger partial charge in [0.1, 0.15) is 11.9 Å². The van der Waals surface area contributed by atoms with Gasteiger partial charge in [-0.3, -0.25) is 10.1 Å². The summed E-state index contributed by atoms with van der Waals surface area (Å²) in [6.07, 6.45) is 0.253. The lowest BCUT2D eigenvalue weighted by Gasteiger charge is -2.39. The molecular weight excluding hydrogens is 280 g/mol. The van der Waals surface area contributed by atoms with Crippen LogP contribution in [0.3, 0.4) is 0 Å². The van der Waals surface area contributed by atoms with Crippen molar-refractivity contribution >= 4 is 23.5 Å². The van der Waals surface area contributed by atoms with Crippen molar-refractivity contribution in [3.63, 3.8) is 0 Å². The van der Waals surface area contributed by atoms with E-state index in [1.54, 1.807) is 18.2 Å². The summed E-state index contributed by atoms with van der Waals surface area (Å²) < 4.78 is 5.93. The average molecular weight is 295 g/mol. The Bertz CT molecular complexity index is 602. The van der Waals surface area contributed by atoms with E-state index in [4.69, 9.17) is 16.3 Å². The van der Waals surface area contributed by atoms with Gasteiger partial charge < -0.3 is 10.1 Å². The minimum Gasteiger partial charge on any atom is -0.490 e. The first-order valence-electron chi connectivity index (χ1n) is 6.52. The van der Waals surface area contributed by atoms with E-state index in [-0.39, 0.29) is 17.9 Å². The molecule has 2 aliphatic heterocycles. The van der Waals surface area contributed by atoms with Crippen molar-refractivity contribution < 1.29 is 14.3 Å². The Kier molecular flexibility index (Phi) is 2.90. The summed E-state index contributed by atoms with van der Waals surface area (Å²) in [7, 11) is 0. The molecule has 3 rings (SSSR count). The summed E-state index contributed by atoms with van der Waals surface area (Å²) in [6.45, 7) is 4.04. The molecule has 2 unspecified atom stereocenters. The van der Waals surface area contributed by atoms with E-state index >= 15 is 0 Å². The summed E-state index contributed by atoms with van der Waals surface area (Å²) in [5.74, 6) is 0.470. The van der Waals surface area contributed by atoms with Gasteiger partial charge >= 0.3 is 6.03 Å². The quantitative estimate of drug-likeness (QED) is 0.780. The SMILES string of the molecule is CC(C)C1CC2(NC(=O)NC2=O)c2cc(Cl)ccc2O1. The molecule has 0 bridgehead atoms. The van der Waals surface area contributed by atoms with Crippen LogP contribution in [0.5, 0.6) is 5.75 Å². The highest BCUT2D eigenvalue weighted by Gasteiger charge is 2.53. The number of rotatable bonds is 1. The van der Waals surface area contributed by atoms with E-state index in [0.717, 1.165) is 0 Å². The number of carbonyl (C=O) groups is 2. The van der Waals surface area contributed by atoms with Gasteiger partial charge in [-0.2, -0.15) is 0 Å². The molecule has 1 aromatic carbocycles. The number of imide groups is 1. The minimum atomic E-state index is -1.08. The molecule has 2 heterocycles. The smallest absolute Gasteiger partial charge is 0.322 e. The Balaban J connectivity index is 2.16. The second kappa shape index (κ2) is 4.38. The monoisotopic (exact) mass is 294 g/mol. The summed E-state index contributed by atoms with van der Waals surface area (Å²) in [5.41, 5.74) is -0.463. The predicted octanol–water partition coefficient (Wildman–Crippen LogP) is 2.18. The Morgan fingerprint density at radius 1 is 1.40 bits per heavy atom. The largest absolute Gasteiger partial charge is 0.490 e. The Morgan fingerprint density at radius 2 is 2.15 bits per heavy atom. The molecule has 0 aliphatic carbocycles. The van der Waals surface area contributed by atoms with Gasteiger partial charge in [0.05, 0.1) is 0 Å². The van der Waals surface area contributed by atoms with Gasteiger partial charge in [-0.05, 0) is 24.1 Å². The van der Waals surface area contributed by atoms with Gasteiger partial charge in [0, 0.05) is 17.0 Å². The molecule has 5 nitrogen and oxygen atoms in total. The molecule has 2 atom stereocenters. The zero-order chi connectivity index (χ0) is 14.5. The van der Waals surface area contributed by atoms with Crippen molar-refractivity contribution in [2.75, 3.05) is 0 Å². The average Bonchev–Trinajstić information content (AvgIpc) is 2.65. The van der Waals surface area contributed by atoms with Crippen molar-refractivity contribution in [3.05, 3.63) is 28.8 Å². The van der Waals surface area contributed by atoms with Crippen LogP contribution in [0.15, 0.2) is 18.2 Å². The first-order chi connectivity index (χ1) is 9.42. The minimum absolute atomic E-state index is 0.146. The van der Waals surface area contributed by atoms with Gasteiger partial charge in [-0.1, -0.05) is 25.4 Å². The molecule has 0 radical (unpaired) electrons. The van der Waals surface area contributed by atoms with Crippen LogP contribution in [-0.2, 0) is 10.3 Å². The molecule has 6 heteroatoms. The van der Waals surface area contributed by atoms with Crippen LogP contribution >= 0.6 is 11.6 Å². The first kappa shape index (κ1) is 13.2. The van der Waals surface area contributed by atoms with Gasteiger partial charge in [-0.15, -0.1) is 0 Å². The maximum absolute atomic E-state index is 12.3. The lowest BCUT2D eigenvalue weighted by molar-refractivity contribution is -0.126. The third-order valence-electron chi connectivity index (χ3n) is 3.87. The highest BCUT2D eigenvalue weighted by Crippen LogP contribution is 2.43. The number of amides is 3. The number of halogens is 1. The fourth-order valence-electron chi connectivity index (χ4n) is 2.75. The number of carbonyl (C=O) groups excluding carboxylic acids is 2. The standard InChI is InChI=1S/C14H15ClN2O3/c1-7(2)11-6-14(12(18)16-13(19)17-14)9-5-8(15)3-4-10(9)20-11/h3-5,7,11H,6H2,1-2H3,(H2,16,17,18,19). The van der Waals surface area contributed by atoms with Crippen molar-refractivity contribution in [3.8, 4) is 5.75 Å². The lowest BCUT2D eigenvalue weighted by atomic mass is 9.79. The van der Waals surface area contributed by atoms with Crippen molar-refractivity contribution in [2.45, 2.75) is 31.9 Å². The van der Waals surface area contributed by atoms with Crippen LogP contribution in [0.4, 0.5) is 4.79 Å². The van der Waals surface area contributed by atoms with Crippen LogP contribution in [-0.4, -0.2) is 18.0 Å². The van der Waals surface area contributed by atoms with Gasteiger partial charge in [0.2, 0.25) is 0 Å². The third kappa shape index (κ3) is 1.85. The van der Waals surface area contributed by atoms with Crippen LogP contribution in [0.1, 0.15) is 25.8 Å². The molecule has 0 saturated carbocycles. The third-order valence-corrected chi connectivity index (χ3v) is 4.11. The molecule has 0 aromatic heterocycles. The van der Waals surface area contributed by atoms with E-state index < -0.39 is 11.6 Å². The molecule has 2 aliphatic rings. The predicted molar refractivity (Wildman–Crippen MR) is 73.7 cm³/mol. The topological polar surface area (TPSA) is 67.4 Å². The first-order valence-corrected chi connectivity index (χ1v) is 6.90. The van der Waals surface area contributed by atoms with E-state index in [2.05, 4.69) is 10.6 Å². The number of hydrogen-bond acceptors (Lipinski definition) is 3. The zero-order valence-corrected chi connectivity index (χ0v) is 12.0. The van der Waals surface area contributed by atoms with Crippen LogP contribution in [0, 0.1) is 5.92 Å². The summed E-state index contributed by atoms with van der Waals surface area (Å²) in [6, 6.07) is 4.65. The van der Waals surface area contributed by atoms with Crippen molar-refractivity contribution in [1.29, 1.82) is 0 Å². The maximum Gasteiger partial charge on any atom is 0.322 e. The van der Waals surface area contributed by atoms with Crippen LogP contribution in [0.25, 0.3) is 0 Å². The van der Waals surface area contributed by atoms with E-state index in [1.165, 1.54) is 0 Å². The number of urea groups is 1. The highest BCUT2D eigenvalue weighted by atomic mass is 35.5. The molecular formula is C14H15ClN2O3. The second-order valence-electron chi connectivity index (χ2n) is 5.56. The molecule has 106 valence electrons. The van der Waals surface area contributed by atoms with Gasteiger partial charge in [0.15, 0.2) is 5.54 Å². The number of hydrogen-bond donors (Lipinski definition) is 2. The summed E-state index contributed by atoms with van der Waals surface area (Å²) in [4.78, 5) is 23.9. The highest BCUT2D eigenvalue weighted by molar-refractivity contribution is 6.30. The second-order valence-corrected chi connectivity index (χ2v) is 5.99. The number of benzene rings is 1. The Morgan fingerprint density at radius 3 is 2.75 bits per heavy atom. The van der Waals surface area contributed by atoms with Crippen LogP contribution < -0.4 is 15.4 Å². The number of ether oxygens (including phenoxy) is 1. The van der Waals surface area contributed by atoms with Crippen LogP contribution in [0.2, 0.25) is 5.02 Å². The molecule has 1 fully saturated rings.